The lowest BCUT2D eigenvalue weighted by molar-refractivity contribution is 0.0876. The second kappa shape index (κ2) is 8.47. The fraction of sp³-hybridized carbons (Fsp3) is 0.333. The van der Waals surface area contributed by atoms with Crippen LogP contribution < -0.4 is 5.32 Å². The molecule has 0 radical (unpaired) electrons. The number of carbonyl (C=O) groups is 2. The van der Waals surface area contributed by atoms with E-state index in [0.717, 1.165) is 36.8 Å². The first-order valence-electron chi connectivity index (χ1n) is 8.79. The summed E-state index contributed by atoms with van der Waals surface area (Å²) in [6, 6.07) is 19.1. The van der Waals surface area contributed by atoms with Gasteiger partial charge in [0.15, 0.2) is 5.78 Å². The van der Waals surface area contributed by atoms with E-state index in [4.69, 9.17) is 4.74 Å². The Morgan fingerprint density at radius 3 is 2.12 bits per heavy atom. The van der Waals surface area contributed by atoms with Crippen LogP contribution in [0.3, 0.4) is 0 Å². The molecular formula is C21H23NO3. The molecule has 1 aliphatic rings. The van der Waals surface area contributed by atoms with Crippen LogP contribution in [0.15, 0.2) is 60.7 Å². The van der Waals surface area contributed by atoms with Crippen LogP contribution in [0, 0.1) is 5.92 Å². The van der Waals surface area contributed by atoms with Gasteiger partial charge in [-0.3, -0.25) is 4.79 Å². The highest BCUT2D eigenvalue weighted by molar-refractivity contribution is 5.97. The highest BCUT2D eigenvalue weighted by Gasteiger charge is 2.27. The van der Waals surface area contributed by atoms with Crippen LogP contribution in [-0.4, -0.2) is 17.9 Å². The van der Waals surface area contributed by atoms with Crippen molar-refractivity contribution in [1.82, 2.24) is 5.32 Å². The van der Waals surface area contributed by atoms with Gasteiger partial charge in [-0.05, 0) is 31.2 Å². The van der Waals surface area contributed by atoms with Gasteiger partial charge in [0, 0.05) is 17.5 Å². The molecule has 25 heavy (non-hydrogen) atoms. The monoisotopic (exact) mass is 337 g/mol. The Labute approximate surface area is 148 Å². The topological polar surface area (TPSA) is 55.4 Å². The Bertz CT molecular complexity index is 692. The summed E-state index contributed by atoms with van der Waals surface area (Å²) in [5, 5.41) is 2.92. The van der Waals surface area contributed by atoms with Crippen LogP contribution in [0.4, 0.5) is 4.79 Å². The van der Waals surface area contributed by atoms with Crippen molar-refractivity contribution < 1.29 is 14.3 Å². The van der Waals surface area contributed by atoms with Crippen molar-refractivity contribution in [3.8, 4) is 0 Å². The molecule has 0 aliphatic heterocycles. The summed E-state index contributed by atoms with van der Waals surface area (Å²) in [5.74, 6) is 0.270. The molecule has 0 heterocycles. The van der Waals surface area contributed by atoms with E-state index in [0.29, 0.717) is 0 Å². The summed E-state index contributed by atoms with van der Waals surface area (Å²) < 4.78 is 5.26. The zero-order valence-electron chi connectivity index (χ0n) is 14.2. The molecule has 3 rings (SSSR count). The van der Waals surface area contributed by atoms with E-state index >= 15 is 0 Å². The number of alkyl carbamates (subject to hydrolysis) is 1. The van der Waals surface area contributed by atoms with Gasteiger partial charge >= 0.3 is 6.09 Å². The quantitative estimate of drug-likeness (QED) is 0.825. The van der Waals surface area contributed by atoms with Crippen LogP contribution in [-0.2, 0) is 11.3 Å². The van der Waals surface area contributed by atoms with Crippen molar-refractivity contribution in [3.63, 3.8) is 0 Å². The van der Waals surface area contributed by atoms with Crippen LogP contribution in [0.25, 0.3) is 0 Å². The molecule has 0 spiro atoms. The maximum atomic E-state index is 12.5. The molecule has 1 saturated carbocycles. The van der Waals surface area contributed by atoms with E-state index in [1.165, 1.54) is 0 Å². The molecular weight excluding hydrogens is 314 g/mol. The SMILES string of the molecule is O=C(NC1CCC(C(=O)c2ccccc2)CC1)OCc1ccccc1. The molecule has 0 aromatic heterocycles. The Morgan fingerprint density at radius 1 is 0.880 bits per heavy atom. The third-order valence-electron chi connectivity index (χ3n) is 4.69. The number of nitrogens with one attached hydrogen (secondary N) is 1. The number of carbonyl (C=O) groups excluding carboxylic acids is 2. The lowest BCUT2D eigenvalue weighted by Crippen LogP contribution is -2.39. The summed E-state index contributed by atoms with van der Waals surface area (Å²) in [4.78, 5) is 24.4. The molecule has 2 aromatic rings. The van der Waals surface area contributed by atoms with Crippen molar-refractivity contribution in [3.05, 3.63) is 71.8 Å². The van der Waals surface area contributed by atoms with Crippen molar-refractivity contribution in [2.24, 2.45) is 5.92 Å². The van der Waals surface area contributed by atoms with Crippen LogP contribution in [0.5, 0.6) is 0 Å². The number of Topliss-reactive ketones (excluding diaryl/α,β-unsaturated/α-hetero) is 1. The van der Waals surface area contributed by atoms with E-state index in [1.54, 1.807) is 0 Å². The zero-order valence-corrected chi connectivity index (χ0v) is 14.2. The average Bonchev–Trinajstić information content (AvgIpc) is 2.68. The first-order chi connectivity index (χ1) is 12.2. The maximum absolute atomic E-state index is 12.5. The highest BCUT2D eigenvalue weighted by Crippen LogP contribution is 2.27. The molecule has 2 aromatic carbocycles. The minimum absolute atomic E-state index is 0.0563. The van der Waals surface area contributed by atoms with E-state index in [9.17, 15) is 9.59 Å². The van der Waals surface area contributed by atoms with Crippen LogP contribution in [0.1, 0.15) is 41.6 Å². The molecule has 1 amide bonds. The summed E-state index contributed by atoms with van der Waals surface area (Å²) >= 11 is 0. The third kappa shape index (κ3) is 4.92. The van der Waals surface area contributed by atoms with Crippen molar-refractivity contribution in [2.75, 3.05) is 0 Å². The molecule has 1 fully saturated rings. The summed E-state index contributed by atoms with van der Waals surface area (Å²) in [5.41, 5.74) is 1.75. The van der Waals surface area contributed by atoms with E-state index in [1.807, 2.05) is 60.7 Å². The summed E-state index contributed by atoms with van der Waals surface area (Å²) in [6.45, 7) is 0.272. The lowest BCUT2D eigenvalue weighted by atomic mass is 9.81. The smallest absolute Gasteiger partial charge is 0.407 e. The number of benzene rings is 2. The van der Waals surface area contributed by atoms with Gasteiger partial charge in [-0.15, -0.1) is 0 Å². The van der Waals surface area contributed by atoms with Gasteiger partial charge < -0.3 is 10.1 Å². The Morgan fingerprint density at radius 2 is 1.48 bits per heavy atom. The fourth-order valence-corrected chi connectivity index (χ4v) is 3.27. The van der Waals surface area contributed by atoms with Gasteiger partial charge in [0.05, 0.1) is 0 Å². The average molecular weight is 337 g/mol. The number of rotatable bonds is 5. The van der Waals surface area contributed by atoms with E-state index in [-0.39, 0.29) is 30.4 Å². The normalized spacial score (nSPS) is 19.8. The predicted octanol–water partition coefficient (Wildman–Crippen LogP) is 4.35. The Kier molecular flexibility index (Phi) is 5.83. The lowest BCUT2D eigenvalue weighted by Gasteiger charge is -2.28. The Hall–Kier alpha value is -2.62. The minimum Gasteiger partial charge on any atom is -0.445 e. The molecule has 1 aliphatic carbocycles. The molecule has 0 saturated heterocycles. The van der Waals surface area contributed by atoms with Gasteiger partial charge in [0.1, 0.15) is 6.61 Å². The van der Waals surface area contributed by atoms with Gasteiger partial charge in [-0.25, -0.2) is 4.79 Å². The van der Waals surface area contributed by atoms with E-state index in [2.05, 4.69) is 5.32 Å². The molecule has 0 atom stereocenters. The zero-order chi connectivity index (χ0) is 17.5. The van der Waals surface area contributed by atoms with Gasteiger partial charge in [0.25, 0.3) is 0 Å². The van der Waals surface area contributed by atoms with E-state index < -0.39 is 0 Å². The Balaban J connectivity index is 1.41. The standard InChI is InChI=1S/C21H23NO3/c23-20(17-9-5-2-6-10-17)18-11-13-19(14-12-18)22-21(24)25-15-16-7-3-1-4-8-16/h1-10,18-19H,11-15H2,(H,22,24). The fourth-order valence-electron chi connectivity index (χ4n) is 3.27. The first-order valence-corrected chi connectivity index (χ1v) is 8.79. The largest absolute Gasteiger partial charge is 0.445 e. The molecule has 1 N–H and O–H groups in total. The number of amides is 1. The summed E-state index contributed by atoms with van der Waals surface area (Å²) in [6.07, 6.45) is 2.84. The molecule has 130 valence electrons. The maximum Gasteiger partial charge on any atom is 0.407 e. The molecule has 0 unspecified atom stereocenters. The van der Waals surface area contributed by atoms with Crippen molar-refractivity contribution in [2.45, 2.75) is 38.3 Å². The predicted molar refractivity (Wildman–Crippen MR) is 96.3 cm³/mol. The highest BCUT2D eigenvalue weighted by atomic mass is 16.5. The summed E-state index contributed by atoms with van der Waals surface area (Å²) in [7, 11) is 0. The first kappa shape index (κ1) is 17.2. The van der Waals surface area contributed by atoms with Gasteiger partial charge in [-0.2, -0.15) is 0 Å². The molecule has 4 nitrogen and oxygen atoms in total. The third-order valence-corrected chi connectivity index (χ3v) is 4.69. The number of ether oxygens (including phenoxy) is 1. The number of hydrogen-bond acceptors (Lipinski definition) is 3. The van der Waals surface area contributed by atoms with Crippen molar-refractivity contribution in [1.29, 1.82) is 0 Å². The molecule has 0 bridgehead atoms. The second-order valence-corrected chi connectivity index (χ2v) is 6.48. The van der Waals surface area contributed by atoms with Crippen molar-refractivity contribution >= 4 is 11.9 Å². The minimum atomic E-state index is -0.387. The van der Waals surface area contributed by atoms with Gasteiger partial charge in [0.2, 0.25) is 0 Å². The molecule has 4 heteroatoms. The van der Waals surface area contributed by atoms with Crippen LogP contribution in [0.2, 0.25) is 0 Å². The number of hydrogen-bond donors (Lipinski definition) is 1. The van der Waals surface area contributed by atoms with Gasteiger partial charge in [-0.1, -0.05) is 60.7 Å². The number of ketones is 1. The second-order valence-electron chi connectivity index (χ2n) is 6.48. The van der Waals surface area contributed by atoms with Crippen LogP contribution >= 0.6 is 0 Å².